The number of benzene rings is 1. The highest BCUT2D eigenvalue weighted by Gasteiger charge is 2.06. The van der Waals surface area contributed by atoms with E-state index in [9.17, 15) is 4.79 Å². The zero-order valence-electron chi connectivity index (χ0n) is 9.32. The molecule has 4 heteroatoms. The number of rotatable bonds is 5. The number of hydrogen-bond donors (Lipinski definition) is 2. The van der Waals surface area contributed by atoms with Gasteiger partial charge in [0, 0.05) is 5.69 Å². The third-order valence-electron chi connectivity index (χ3n) is 2.15. The van der Waals surface area contributed by atoms with E-state index >= 15 is 0 Å². The number of carbonyl (C=O) groups excluding carboxylic acids is 1. The SMILES string of the molecule is CCCc1ccccc1NC(=O)CC(N)=S. The summed E-state index contributed by atoms with van der Waals surface area (Å²) in [4.78, 5) is 11.7. The molecule has 0 bridgehead atoms. The Hall–Kier alpha value is -1.42. The van der Waals surface area contributed by atoms with Gasteiger partial charge in [-0.2, -0.15) is 0 Å². The van der Waals surface area contributed by atoms with Crippen molar-refractivity contribution in [3.63, 3.8) is 0 Å². The molecule has 1 amide bonds. The topological polar surface area (TPSA) is 55.1 Å². The first-order valence-electron chi connectivity index (χ1n) is 5.29. The highest BCUT2D eigenvalue weighted by atomic mass is 32.1. The van der Waals surface area contributed by atoms with Crippen molar-refractivity contribution in [2.45, 2.75) is 26.2 Å². The summed E-state index contributed by atoms with van der Waals surface area (Å²) in [7, 11) is 0. The zero-order valence-corrected chi connectivity index (χ0v) is 10.1. The Morgan fingerprint density at radius 3 is 2.75 bits per heavy atom. The Morgan fingerprint density at radius 1 is 1.44 bits per heavy atom. The molecule has 3 nitrogen and oxygen atoms in total. The van der Waals surface area contributed by atoms with Crippen LogP contribution in [-0.2, 0) is 11.2 Å². The highest BCUT2D eigenvalue weighted by Crippen LogP contribution is 2.16. The van der Waals surface area contributed by atoms with Crippen molar-refractivity contribution in [3.8, 4) is 0 Å². The first-order chi connectivity index (χ1) is 7.63. The lowest BCUT2D eigenvalue weighted by Gasteiger charge is -2.09. The minimum absolute atomic E-state index is 0.0930. The number of nitrogens with two attached hydrogens (primary N) is 1. The average Bonchev–Trinajstić information content (AvgIpc) is 2.20. The molecule has 86 valence electrons. The van der Waals surface area contributed by atoms with E-state index < -0.39 is 0 Å². The summed E-state index contributed by atoms with van der Waals surface area (Å²) < 4.78 is 0. The van der Waals surface area contributed by atoms with Gasteiger partial charge in [0.2, 0.25) is 5.91 Å². The summed E-state index contributed by atoms with van der Waals surface area (Å²) in [6.45, 7) is 2.10. The number of anilines is 1. The van der Waals surface area contributed by atoms with Crippen molar-refractivity contribution in [2.24, 2.45) is 5.73 Å². The molecule has 1 aromatic rings. The molecule has 3 N–H and O–H groups in total. The largest absolute Gasteiger partial charge is 0.393 e. The van der Waals surface area contributed by atoms with Gasteiger partial charge in [-0.15, -0.1) is 0 Å². The fourth-order valence-corrected chi connectivity index (χ4v) is 1.61. The van der Waals surface area contributed by atoms with Crippen LogP contribution in [0.4, 0.5) is 5.69 Å². The van der Waals surface area contributed by atoms with Gasteiger partial charge in [-0.1, -0.05) is 43.8 Å². The Morgan fingerprint density at radius 2 is 2.12 bits per heavy atom. The molecular weight excluding hydrogens is 220 g/mol. The van der Waals surface area contributed by atoms with E-state index in [1.165, 1.54) is 0 Å². The molecule has 0 aromatic heterocycles. The lowest BCUT2D eigenvalue weighted by molar-refractivity contribution is -0.115. The van der Waals surface area contributed by atoms with Gasteiger partial charge in [0.25, 0.3) is 0 Å². The van der Waals surface area contributed by atoms with Crippen LogP contribution in [0.1, 0.15) is 25.3 Å². The summed E-state index contributed by atoms with van der Waals surface area (Å²) in [6, 6.07) is 7.77. The predicted octanol–water partition coefficient (Wildman–Crippen LogP) is 2.25. The summed E-state index contributed by atoms with van der Waals surface area (Å²) in [6.07, 6.45) is 2.08. The van der Waals surface area contributed by atoms with E-state index in [4.69, 9.17) is 5.73 Å². The van der Waals surface area contributed by atoms with Crippen LogP contribution >= 0.6 is 12.2 Å². The second kappa shape index (κ2) is 6.23. The van der Waals surface area contributed by atoms with Crippen LogP contribution in [0.15, 0.2) is 24.3 Å². The number of nitrogens with one attached hydrogen (secondary N) is 1. The smallest absolute Gasteiger partial charge is 0.231 e. The Labute approximate surface area is 101 Å². The lowest BCUT2D eigenvalue weighted by atomic mass is 10.1. The van der Waals surface area contributed by atoms with Crippen LogP contribution in [0.25, 0.3) is 0 Å². The number of thiocarbonyl (C=S) groups is 1. The maximum absolute atomic E-state index is 11.5. The molecule has 0 atom stereocenters. The number of hydrogen-bond acceptors (Lipinski definition) is 2. The molecule has 0 saturated carbocycles. The molecule has 0 aliphatic rings. The van der Waals surface area contributed by atoms with Gasteiger partial charge in [0.15, 0.2) is 0 Å². The summed E-state index contributed by atoms with van der Waals surface area (Å²) in [5, 5.41) is 2.82. The van der Waals surface area contributed by atoms with Crippen molar-refractivity contribution >= 4 is 28.8 Å². The molecular formula is C12H16N2OS. The maximum atomic E-state index is 11.5. The molecule has 0 saturated heterocycles. The van der Waals surface area contributed by atoms with Crippen LogP contribution in [0.2, 0.25) is 0 Å². The fraction of sp³-hybridized carbons (Fsp3) is 0.333. The number of aryl methyl sites for hydroxylation is 1. The van der Waals surface area contributed by atoms with E-state index in [1.807, 2.05) is 24.3 Å². The number of para-hydroxylation sites is 1. The van der Waals surface area contributed by atoms with Gasteiger partial charge in [0.1, 0.15) is 0 Å². The lowest BCUT2D eigenvalue weighted by Crippen LogP contribution is -2.20. The van der Waals surface area contributed by atoms with E-state index in [1.54, 1.807) is 0 Å². The minimum Gasteiger partial charge on any atom is -0.393 e. The summed E-state index contributed by atoms with van der Waals surface area (Å²) in [5.41, 5.74) is 7.31. The van der Waals surface area contributed by atoms with Crippen molar-refractivity contribution in [1.29, 1.82) is 0 Å². The minimum atomic E-state index is -0.156. The van der Waals surface area contributed by atoms with E-state index in [-0.39, 0.29) is 17.3 Å². The molecule has 0 spiro atoms. The quantitative estimate of drug-likeness (QED) is 0.771. The van der Waals surface area contributed by atoms with Gasteiger partial charge < -0.3 is 11.1 Å². The zero-order chi connectivity index (χ0) is 12.0. The van der Waals surface area contributed by atoms with Crippen molar-refractivity contribution in [1.82, 2.24) is 0 Å². The molecule has 0 unspecified atom stereocenters. The molecule has 0 aliphatic heterocycles. The predicted molar refractivity (Wildman–Crippen MR) is 70.5 cm³/mol. The average molecular weight is 236 g/mol. The Bertz CT molecular complexity index is 390. The molecule has 0 fully saturated rings. The van der Waals surface area contributed by atoms with Crippen molar-refractivity contribution in [3.05, 3.63) is 29.8 Å². The van der Waals surface area contributed by atoms with Gasteiger partial charge in [0.05, 0.1) is 11.4 Å². The standard InChI is InChI=1S/C12H16N2OS/c1-2-5-9-6-3-4-7-10(9)14-12(15)8-11(13)16/h3-4,6-7H,2,5,8H2,1H3,(H2,13,16)(H,14,15). The van der Waals surface area contributed by atoms with Gasteiger partial charge in [-0.3, -0.25) is 4.79 Å². The number of carbonyl (C=O) groups is 1. The maximum Gasteiger partial charge on any atom is 0.231 e. The molecule has 0 radical (unpaired) electrons. The fourth-order valence-electron chi connectivity index (χ4n) is 1.48. The second-order valence-corrected chi connectivity index (χ2v) is 4.12. The van der Waals surface area contributed by atoms with Crippen LogP contribution in [0, 0.1) is 0 Å². The first-order valence-corrected chi connectivity index (χ1v) is 5.70. The number of amides is 1. The molecule has 0 heterocycles. The first kappa shape index (κ1) is 12.6. The van der Waals surface area contributed by atoms with E-state index in [0.29, 0.717) is 0 Å². The Kier molecular flexibility index (Phi) is 4.92. The highest BCUT2D eigenvalue weighted by molar-refractivity contribution is 7.80. The second-order valence-electron chi connectivity index (χ2n) is 3.60. The normalized spacial score (nSPS) is 9.81. The third kappa shape index (κ3) is 3.98. The van der Waals surface area contributed by atoms with Crippen LogP contribution in [0.3, 0.4) is 0 Å². The van der Waals surface area contributed by atoms with Gasteiger partial charge in [-0.25, -0.2) is 0 Å². The van der Waals surface area contributed by atoms with Crippen LogP contribution in [0.5, 0.6) is 0 Å². The van der Waals surface area contributed by atoms with E-state index in [0.717, 1.165) is 24.1 Å². The van der Waals surface area contributed by atoms with Crippen LogP contribution in [-0.4, -0.2) is 10.9 Å². The van der Waals surface area contributed by atoms with Gasteiger partial charge >= 0.3 is 0 Å². The van der Waals surface area contributed by atoms with Crippen molar-refractivity contribution in [2.75, 3.05) is 5.32 Å². The summed E-state index contributed by atoms with van der Waals surface area (Å²) >= 11 is 4.69. The molecule has 1 rings (SSSR count). The van der Waals surface area contributed by atoms with Crippen LogP contribution < -0.4 is 11.1 Å². The molecule has 0 aliphatic carbocycles. The molecule has 16 heavy (non-hydrogen) atoms. The van der Waals surface area contributed by atoms with Crippen molar-refractivity contribution < 1.29 is 4.79 Å². The Balaban J connectivity index is 2.72. The monoisotopic (exact) mass is 236 g/mol. The van der Waals surface area contributed by atoms with E-state index in [2.05, 4.69) is 24.5 Å². The molecule has 1 aromatic carbocycles. The third-order valence-corrected chi connectivity index (χ3v) is 2.29. The van der Waals surface area contributed by atoms with Gasteiger partial charge in [-0.05, 0) is 18.1 Å². The summed E-state index contributed by atoms with van der Waals surface area (Å²) in [5.74, 6) is -0.156.